The Hall–Kier alpha value is -3.40. The Kier molecular flexibility index (Phi) is 10.3. The van der Waals surface area contributed by atoms with Gasteiger partial charge in [0.15, 0.2) is 11.5 Å². The first-order valence-corrected chi connectivity index (χ1v) is 12.4. The van der Waals surface area contributed by atoms with Crippen molar-refractivity contribution in [3.8, 4) is 34.1 Å². The first kappa shape index (κ1) is 27.2. The summed E-state index contributed by atoms with van der Waals surface area (Å²) in [5.74, 6) is 1.60. The van der Waals surface area contributed by atoms with E-state index >= 15 is 0 Å². The normalized spacial score (nSPS) is 11.5. The van der Waals surface area contributed by atoms with Crippen molar-refractivity contribution in [2.75, 3.05) is 27.9 Å². The van der Waals surface area contributed by atoms with Crippen LogP contribution in [0.1, 0.15) is 30.1 Å². The van der Waals surface area contributed by atoms with E-state index in [0.717, 1.165) is 35.5 Å². The summed E-state index contributed by atoms with van der Waals surface area (Å²) in [6, 6.07) is 19.3. The molecule has 0 heterocycles. The Morgan fingerprint density at radius 1 is 0.944 bits per heavy atom. The Labute approximate surface area is 216 Å². The summed E-state index contributed by atoms with van der Waals surface area (Å²) in [5.41, 5.74) is 3.95. The number of hydrogen-bond acceptors (Lipinski definition) is 8. The molecule has 0 saturated heterocycles. The minimum atomic E-state index is -0.679. The highest BCUT2D eigenvalue weighted by Crippen LogP contribution is 2.37. The molecule has 1 amide bonds. The number of para-hydroxylation sites is 1. The summed E-state index contributed by atoms with van der Waals surface area (Å²) >= 11 is 1.28. The van der Waals surface area contributed by atoms with E-state index in [9.17, 15) is 10.0 Å². The first-order valence-electron chi connectivity index (χ1n) is 11.5. The lowest BCUT2D eigenvalue weighted by molar-refractivity contribution is 0.0699. The van der Waals surface area contributed by atoms with Gasteiger partial charge in [-0.05, 0) is 60.7 Å². The molecule has 0 radical (unpaired) electrons. The minimum absolute atomic E-state index is 0.0147. The summed E-state index contributed by atoms with van der Waals surface area (Å²) < 4.78 is 25.5. The molecule has 0 aliphatic heterocycles. The zero-order valence-corrected chi connectivity index (χ0v) is 21.7. The molecule has 9 heteroatoms. The van der Waals surface area contributed by atoms with Crippen LogP contribution in [0.5, 0.6) is 23.0 Å². The van der Waals surface area contributed by atoms with Gasteiger partial charge in [-0.1, -0.05) is 37.3 Å². The number of nitrogens with one attached hydrogen (secondary N) is 2. The number of carbonyl (C=O) groups is 1. The summed E-state index contributed by atoms with van der Waals surface area (Å²) in [5, 5.41) is 9.17. The van der Waals surface area contributed by atoms with Gasteiger partial charge in [-0.2, -0.15) is 0 Å². The molecule has 8 nitrogen and oxygen atoms in total. The van der Waals surface area contributed by atoms with Crippen molar-refractivity contribution in [2.24, 2.45) is 0 Å². The van der Waals surface area contributed by atoms with Crippen LogP contribution in [0.15, 0.2) is 65.6 Å². The molecule has 1 unspecified atom stereocenters. The molecular weight excluding hydrogens is 480 g/mol. The van der Waals surface area contributed by atoms with Gasteiger partial charge in [-0.3, -0.25) is 14.7 Å². The van der Waals surface area contributed by atoms with Gasteiger partial charge in [0.2, 0.25) is 0 Å². The lowest BCUT2D eigenvalue weighted by atomic mass is 10.0. The third-order valence-corrected chi connectivity index (χ3v) is 6.53. The summed E-state index contributed by atoms with van der Waals surface area (Å²) in [6.45, 7) is 2.72. The number of hydrogen-bond donors (Lipinski definition) is 3. The smallest absolute Gasteiger partial charge is 0.279 e. The summed E-state index contributed by atoms with van der Waals surface area (Å²) in [4.78, 5) is 12.9. The number of carbonyl (C=O) groups excluding carboxylic acids is 1. The first-order chi connectivity index (χ1) is 17.6. The van der Waals surface area contributed by atoms with Crippen LogP contribution in [0.3, 0.4) is 0 Å². The molecular formula is C27H32N2O6S. The second-order valence-corrected chi connectivity index (χ2v) is 8.71. The molecule has 0 aromatic heterocycles. The van der Waals surface area contributed by atoms with E-state index in [1.807, 2.05) is 48.5 Å². The predicted molar refractivity (Wildman–Crippen MR) is 140 cm³/mol. The Balaban J connectivity index is 1.59. The molecule has 0 bridgehead atoms. The highest BCUT2D eigenvalue weighted by atomic mass is 32.2. The molecule has 3 aromatic rings. The van der Waals surface area contributed by atoms with Crippen LogP contribution in [0.2, 0.25) is 0 Å². The van der Waals surface area contributed by atoms with Crippen LogP contribution in [0, 0.1) is 0 Å². The van der Waals surface area contributed by atoms with Crippen LogP contribution >= 0.6 is 11.9 Å². The second kappa shape index (κ2) is 13.6. The average Bonchev–Trinajstić information content (AvgIpc) is 2.93. The second-order valence-electron chi connectivity index (χ2n) is 7.77. The number of amides is 1. The van der Waals surface area contributed by atoms with E-state index in [0.29, 0.717) is 17.2 Å². The minimum Gasteiger partial charge on any atom is -0.496 e. The number of methoxy groups -OCH3 is 3. The molecule has 0 aliphatic rings. The number of rotatable bonds is 13. The molecule has 0 aliphatic carbocycles. The standard InChI is InChI=1S/C27H32N2O6S/c1-5-19(35-20-12-10-18(11-13-20)21-8-6-7-9-22(21)32-2)16-17-28-36-24-15-14-23(33-3)26(34-4)25(24)27(30)29-31/h6-15,19,28,31H,5,16-17H2,1-4H3,(H,29,30). The zero-order chi connectivity index (χ0) is 25.9. The Morgan fingerprint density at radius 2 is 1.67 bits per heavy atom. The fourth-order valence-electron chi connectivity index (χ4n) is 3.75. The van der Waals surface area contributed by atoms with E-state index in [1.54, 1.807) is 24.7 Å². The molecule has 36 heavy (non-hydrogen) atoms. The van der Waals surface area contributed by atoms with E-state index in [-0.39, 0.29) is 17.4 Å². The van der Waals surface area contributed by atoms with E-state index in [1.165, 1.54) is 26.2 Å². The van der Waals surface area contributed by atoms with Crippen molar-refractivity contribution in [1.29, 1.82) is 0 Å². The van der Waals surface area contributed by atoms with Crippen LogP contribution < -0.4 is 29.1 Å². The molecule has 0 fully saturated rings. The fraction of sp³-hybridized carbons (Fsp3) is 0.296. The number of benzene rings is 3. The van der Waals surface area contributed by atoms with Crippen LogP contribution in [0.25, 0.3) is 11.1 Å². The number of hydroxylamine groups is 1. The average molecular weight is 513 g/mol. The van der Waals surface area contributed by atoms with Gasteiger partial charge >= 0.3 is 0 Å². The maximum Gasteiger partial charge on any atom is 0.279 e. The van der Waals surface area contributed by atoms with Crippen molar-refractivity contribution >= 4 is 17.9 Å². The van der Waals surface area contributed by atoms with Crippen molar-refractivity contribution in [3.63, 3.8) is 0 Å². The van der Waals surface area contributed by atoms with Gasteiger partial charge in [-0.25, -0.2) is 5.48 Å². The van der Waals surface area contributed by atoms with Crippen LogP contribution in [-0.4, -0.2) is 45.1 Å². The molecule has 1 atom stereocenters. The van der Waals surface area contributed by atoms with Crippen molar-refractivity contribution in [2.45, 2.75) is 30.8 Å². The van der Waals surface area contributed by atoms with Gasteiger partial charge in [0.1, 0.15) is 17.1 Å². The summed E-state index contributed by atoms with van der Waals surface area (Å²) in [7, 11) is 4.60. The largest absolute Gasteiger partial charge is 0.496 e. The lowest BCUT2D eigenvalue weighted by Gasteiger charge is -2.19. The zero-order valence-electron chi connectivity index (χ0n) is 20.9. The molecule has 0 saturated carbocycles. The Morgan fingerprint density at radius 3 is 2.31 bits per heavy atom. The molecule has 3 aromatic carbocycles. The maximum absolute atomic E-state index is 12.3. The lowest BCUT2D eigenvalue weighted by Crippen LogP contribution is -2.22. The molecule has 3 rings (SSSR count). The Bertz CT molecular complexity index is 1140. The third-order valence-electron chi connectivity index (χ3n) is 5.62. The van der Waals surface area contributed by atoms with Crippen molar-refractivity contribution in [3.05, 3.63) is 66.2 Å². The van der Waals surface area contributed by atoms with Crippen LogP contribution in [0.4, 0.5) is 0 Å². The highest BCUT2D eigenvalue weighted by molar-refractivity contribution is 7.97. The van der Waals surface area contributed by atoms with Crippen molar-refractivity contribution in [1.82, 2.24) is 10.2 Å². The van der Waals surface area contributed by atoms with E-state index in [2.05, 4.69) is 11.6 Å². The van der Waals surface area contributed by atoms with Crippen LogP contribution in [-0.2, 0) is 0 Å². The molecule has 0 spiro atoms. The van der Waals surface area contributed by atoms with Gasteiger partial charge in [0.25, 0.3) is 5.91 Å². The van der Waals surface area contributed by atoms with E-state index in [4.69, 9.17) is 18.9 Å². The van der Waals surface area contributed by atoms with Gasteiger partial charge < -0.3 is 18.9 Å². The highest BCUT2D eigenvalue weighted by Gasteiger charge is 2.22. The predicted octanol–water partition coefficient (Wildman–Crippen LogP) is 5.34. The maximum atomic E-state index is 12.3. The molecule has 3 N–H and O–H groups in total. The van der Waals surface area contributed by atoms with Crippen molar-refractivity contribution < 1.29 is 28.9 Å². The fourth-order valence-corrected chi connectivity index (χ4v) is 4.55. The third kappa shape index (κ3) is 6.63. The molecule has 192 valence electrons. The summed E-state index contributed by atoms with van der Waals surface area (Å²) in [6.07, 6.45) is 1.61. The van der Waals surface area contributed by atoms with Gasteiger partial charge in [0, 0.05) is 17.0 Å². The monoisotopic (exact) mass is 512 g/mol. The van der Waals surface area contributed by atoms with Gasteiger partial charge in [0.05, 0.1) is 27.4 Å². The number of ether oxygens (including phenoxy) is 4. The quantitative estimate of drug-likeness (QED) is 0.122. The van der Waals surface area contributed by atoms with E-state index < -0.39 is 5.91 Å². The SMILES string of the molecule is CCC(CCNSc1ccc(OC)c(OC)c1C(=O)NO)Oc1ccc(-c2ccccc2OC)cc1. The topological polar surface area (TPSA) is 98.3 Å². The van der Waals surface area contributed by atoms with Gasteiger partial charge in [-0.15, -0.1) is 0 Å².